The summed E-state index contributed by atoms with van der Waals surface area (Å²) in [4.78, 5) is 13.8. The SMILES string of the molecule is CCC(C)[C@H](N)C(=O)NCCN(C)C(C)C. The van der Waals surface area contributed by atoms with E-state index in [-0.39, 0.29) is 17.9 Å². The van der Waals surface area contributed by atoms with Crippen molar-refractivity contribution in [3.63, 3.8) is 0 Å². The fourth-order valence-electron chi connectivity index (χ4n) is 1.24. The van der Waals surface area contributed by atoms with Crippen molar-refractivity contribution in [2.75, 3.05) is 20.1 Å². The molecule has 1 unspecified atom stereocenters. The highest BCUT2D eigenvalue weighted by Crippen LogP contribution is 2.04. The molecule has 0 fully saturated rings. The van der Waals surface area contributed by atoms with Crippen molar-refractivity contribution in [1.82, 2.24) is 10.2 Å². The molecule has 0 aliphatic heterocycles. The van der Waals surface area contributed by atoms with Crippen molar-refractivity contribution in [1.29, 1.82) is 0 Å². The fourth-order valence-corrected chi connectivity index (χ4v) is 1.24. The highest BCUT2D eigenvalue weighted by atomic mass is 16.2. The number of carbonyl (C=O) groups is 1. The van der Waals surface area contributed by atoms with Gasteiger partial charge in [0.2, 0.25) is 5.91 Å². The van der Waals surface area contributed by atoms with E-state index >= 15 is 0 Å². The maximum Gasteiger partial charge on any atom is 0.237 e. The van der Waals surface area contributed by atoms with Crippen LogP contribution in [0, 0.1) is 5.92 Å². The summed E-state index contributed by atoms with van der Waals surface area (Å²) >= 11 is 0. The summed E-state index contributed by atoms with van der Waals surface area (Å²) in [7, 11) is 2.05. The molecule has 0 aliphatic rings. The van der Waals surface area contributed by atoms with Crippen LogP contribution in [0.2, 0.25) is 0 Å². The summed E-state index contributed by atoms with van der Waals surface area (Å²) in [5.74, 6) is 0.203. The molecule has 4 heteroatoms. The first-order valence-electron chi connectivity index (χ1n) is 6.13. The van der Waals surface area contributed by atoms with Crippen LogP contribution in [0.3, 0.4) is 0 Å². The number of nitrogens with two attached hydrogens (primary N) is 1. The van der Waals surface area contributed by atoms with Crippen LogP contribution in [0.5, 0.6) is 0 Å². The summed E-state index contributed by atoms with van der Waals surface area (Å²) < 4.78 is 0. The Morgan fingerprint density at radius 2 is 1.94 bits per heavy atom. The first-order chi connectivity index (χ1) is 7.40. The lowest BCUT2D eigenvalue weighted by Crippen LogP contribution is -2.46. The third-order valence-electron chi connectivity index (χ3n) is 3.21. The topological polar surface area (TPSA) is 58.4 Å². The Morgan fingerprint density at radius 1 is 1.38 bits per heavy atom. The van der Waals surface area contributed by atoms with Gasteiger partial charge in [0.1, 0.15) is 0 Å². The van der Waals surface area contributed by atoms with Gasteiger partial charge in [-0.1, -0.05) is 20.3 Å². The number of likely N-dealkylation sites (N-methyl/N-ethyl adjacent to an activating group) is 1. The standard InChI is InChI=1S/C12H27N3O/c1-6-10(4)11(13)12(16)14-7-8-15(5)9(2)3/h9-11H,6-8,13H2,1-5H3,(H,14,16)/t10?,11-/m0/s1. The summed E-state index contributed by atoms with van der Waals surface area (Å²) in [5.41, 5.74) is 5.82. The number of amides is 1. The molecule has 0 saturated heterocycles. The zero-order valence-corrected chi connectivity index (χ0v) is 11.3. The first kappa shape index (κ1) is 15.4. The van der Waals surface area contributed by atoms with Gasteiger partial charge in [0.25, 0.3) is 0 Å². The summed E-state index contributed by atoms with van der Waals surface area (Å²) in [5, 5.41) is 2.88. The van der Waals surface area contributed by atoms with E-state index in [0.29, 0.717) is 12.6 Å². The van der Waals surface area contributed by atoms with E-state index in [1.807, 2.05) is 20.9 Å². The van der Waals surface area contributed by atoms with Crippen LogP contribution in [0.15, 0.2) is 0 Å². The molecule has 0 rings (SSSR count). The number of nitrogens with zero attached hydrogens (tertiary/aromatic N) is 1. The van der Waals surface area contributed by atoms with Gasteiger partial charge in [-0.05, 0) is 26.8 Å². The zero-order chi connectivity index (χ0) is 12.7. The molecule has 0 saturated carbocycles. The number of carbonyl (C=O) groups excluding carboxylic acids is 1. The van der Waals surface area contributed by atoms with Gasteiger partial charge < -0.3 is 16.0 Å². The van der Waals surface area contributed by atoms with Crippen LogP contribution in [0.1, 0.15) is 34.1 Å². The second kappa shape index (κ2) is 7.63. The molecule has 0 aliphatic carbocycles. The smallest absolute Gasteiger partial charge is 0.237 e. The molecule has 4 nitrogen and oxygen atoms in total. The summed E-state index contributed by atoms with van der Waals surface area (Å²) in [6.07, 6.45) is 0.931. The second-order valence-corrected chi connectivity index (χ2v) is 4.78. The molecule has 16 heavy (non-hydrogen) atoms. The third kappa shape index (κ3) is 5.47. The molecule has 0 aromatic carbocycles. The lowest BCUT2D eigenvalue weighted by atomic mass is 9.99. The molecule has 0 spiro atoms. The van der Waals surface area contributed by atoms with Crippen molar-refractivity contribution < 1.29 is 4.79 Å². The molecule has 96 valence electrons. The number of hydrogen-bond donors (Lipinski definition) is 2. The molecule has 0 heterocycles. The quantitative estimate of drug-likeness (QED) is 0.679. The third-order valence-corrected chi connectivity index (χ3v) is 3.21. The largest absolute Gasteiger partial charge is 0.353 e. The maximum atomic E-state index is 11.6. The van der Waals surface area contributed by atoms with Crippen molar-refractivity contribution >= 4 is 5.91 Å². The molecule has 0 bridgehead atoms. The van der Waals surface area contributed by atoms with Gasteiger partial charge in [0.15, 0.2) is 0 Å². The molecular formula is C12H27N3O. The van der Waals surface area contributed by atoms with Crippen molar-refractivity contribution in [2.45, 2.75) is 46.2 Å². The van der Waals surface area contributed by atoms with E-state index in [9.17, 15) is 4.79 Å². The Morgan fingerprint density at radius 3 is 2.38 bits per heavy atom. The van der Waals surface area contributed by atoms with E-state index in [4.69, 9.17) is 5.73 Å². The van der Waals surface area contributed by atoms with Crippen LogP contribution in [0.25, 0.3) is 0 Å². The fraction of sp³-hybridized carbons (Fsp3) is 0.917. The number of rotatable bonds is 7. The predicted molar refractivity (Wildman–Crippen MR) is 68.2 cm³/mol. The molecule has 0 radical (unpaired) electrons. The minimum absolute atomic E-state index is 0.0356. The van der Waals surface area contributed by atoms with E-state index in [0.717, 1.165) is 13.0 Å². The van der Waals surface area contributed by atoms with Crippen LogP contribution in [-0.2, 0) is 4.79 Å². The molecule has 3 N–H and O–H groups in total. The molecule has 0 aromatic heterocycles. The molecule has 1 amide bonds. The van der Waals surface area contributed by atoms with Crippen molar-refractivity contribution in [2.24, 2.45) is 11.7 Å². The second-order valence-electron chi connectivity index (χ2n) is 4.78. The van der Waals surface area contributed by atoms with Gasteiger partial charge >= 0.3 is 0 Å². The van der Waals surface area contributed by atoms with Crippen molar-refractivity contribution in [3.8, 4) is 0 Å². The lowest BCUT2D eigenvalue weighted by molar-refractivity contribution is -0.123. The van der Waals surface area contributed by atoms with E-state index in [1.165, 1.54) is 0 Å². The van der Waals surface area contributed by atoms with Gasteiger partial charge in [-0.3, -0.25) is 4.79 Å². The average molecular weight is 229 g/mol. The molecule has 2 atom stereocenters. The lowest BCUT2D eigenvalue weighted by Gasteiger charge is -2.22. The highest BCUT2D eigenvalue weighted by Gasteiger charge is 2.18. The van der Waals surface area contributed by atoms with Crippen LogP contribution in [-0.4, -0.2) is 43.0 Å². The number of nitrogens with one attached hydrogen (secondary N) is 1. The Bertz CT molecular complexity index is 206. The molecule has 0 aromatic rings. The van der Waals surface area contributed by atoms with E-state index in [1.54, 1.807) is 0 Å². The Balaban J connectivity index is 3.81. The highest BCUT2D eigenvalue weighted by molar-refractivity contribution is 5.81. The van der Waals surface area contributed by atoms with Gasteiger partial charge in [0, 0.05) is 19.1 Å². The first-order valence-corrected chi connectivity index (χ1v) is 6.13. The van der Waals surface area contributed by atoms with Gasteiger partial charge in [-0.2, -0.15) is 0 Å². The zero-order valence-electron chi connectivity index (χ0n) is 11.3. The van der Waals surface area contributed by atoms with Crippen molar-refractivity contribution in [3.05, 3.63) is 0 Å². The van der Waals surface area contributed by atoms with Crippen LogP contribution in [0.4, 0.5) is 0 Å². The Labute approximate surface area is 99.6 Å². The van der Waals surface area contributed by atoms with Gasteiger partial charge in [-0.15, -0.1) is 0 Å². The minimum Gasteiger partial charge on any atom is -0.353 e. The Kier molecular flexibility index (Phi) is 7.34. The predicted octanol–water partition coefficient (Wildman–Crippen LogP) is 0.816. The summed E-state index contributed by atoms with van der Waals surface area (Å²) in [6.45, 7) is 9.84. The maximum absolute atomic E-state index is 11.6. The van der Waals surface area contributed by atoms with Crippen LogP contribution >= 0.6 is 0 Å². The van der Waals surface area contributed by atoms with Crippen LogP contribution < -0.4 is 11.1 Å². The van der Waals surface area contributed by atoms with Gasteiger partial charge in [0.05, 0.1) is 6.04 Å². The number of hydrogen-bond acceptors (Lipinski definition) is 3. The monoisotopic (exact) mass is 229 g/mol. The minimum atomic E-state index is -0.380. The Hall–Kier alpha value is -0.610. The summed E-state index contributed by atoms with van der Waals surface area (Å²) in [6, 6.07) is 0.120. The average Bonchev–Trinajstić information content (AvgIpc) is 2.26. The van der Waals surface area contributed by atoms with E-state index < -0.39 is 0 Å². The van der Waals surface area contributed by atoms with E-state index in [2.05, 4.69) is 24.1 Å². The molecular weight excluding hydrogens is 202 g/mol. The normalized spacial score (nSPS) is 15.2. The van der Waals surface area contributed by atoms with Gasteiger partial charge in [-0.25, -0.2) is 0 Å².